The van der Waals surface area contributed by atoms with Crippen LogP contribution in [0.2, 0.25) is 0 Å². The van der Waals surface area contributed by atoms with Gasteiger partial charge in [0.15, 0.2) is 0 Å². The van der Waals surface area contributed by atoms with E-state index in [0.717, 1.165) is 0 Å². The molecule has 0 N–H and O–H groups in total. The molecule has 2 fully saturated rings. The van der Waals surface area contributed by atoms with Gasteiger partial charge in [0.25, 0.3) is 0 Å². The van der Waals surface area contributed by atoms with E-state index in [1.807, 2.05) is 18.9 Å². The molecule has 0 aromatic rings. The molecule has 0 aliphatic carbocycles. The maximum absolute atomic E-state index is 12.0. The molecule has 2 amide bonds. The first-order valence-corrected chi connectivity index (χ1v) is 7.29. The molecule has 1 atom stereocenters. The average molecular weight is 299 g/mol. The Kier molecular flexibility index (Phi) is 4.85. The van der Waals surface area contributed by atoms with Crippen LogP contribution >= 0.6 is 0 Å². The molecule has 1 unspecified atom stereocenters. The Hall–Kier alpha value is -1.18. The fourth-order valence-corrected chi connectivity index (χ4v) is 2.85. The number of carbonyl (C=O) groups is 2. The molecular weight excluding hydrogens is 274 g/mol. The molecule has 2 aliphatic heterocycles. The molecule has 2 heterocycles. The number of likely N-dealkylation sites (tertiary alicyclic amines) is 1. The number of ether oxygens (including phenoxy) is 2. The third kappa shape index (κ3) is 3.36. The summed E-state index contributed by atoms with van der Waals surface area (Å²) in [4.78, 5) is 29.2. The van der Waals surface area contributed by atoms with Crippen LogP contribution in [0.1, 0.15) is 6.92 Å². The minimum atomic E-state index is -0.320. The molecule has 2 aliphatic rings. The van der Waals surface area contributed by atoms with Gasteiger partial charge in [-0.25, -0.2) is 0 Å². The summed E-state index contributed by atoms with van der Waals surface area (Å²) in [6.07, 6.45) is 0. The van der Waals surface area contributed by atoms with Gasteiger partial charge < -0.3 is 19.3 Å². The van der Waals surface area contributed by atoms with Crippen LogP contribution in [0.4, 0.5) is 0 Å². The second-order valence-electron chi connectivity index (χ2n) is 6.04. The first-order chi connectivity index (χ1) is 9.88. The van der Waals surface area contributed by atoms with E-state index in [4.69, 9.17) is 9.47 Å². The van der Waals surface area contributed by atoms with Crippen LogP contribution < -0.4 is 0 Å². The van der Waals surface area contributed by atoms with Crippen LogP contribution in [0.5, 0.6) is 0 Å². The van der Waals surface area contributed by atoms with E-state index in [1.165, 1.54) is 0 Å². The Balaban J connectivity index is 1.84. The average Bonchev–Trinajstić information content (AvgIpc) is 2.41. The Morgan fingerprint density at radius 1 is 1.33 bits per heavy atom. The zero-order valence-electron chi connectivity index (χ0n) is 13.3. The first-order valence-electron chi connectivity index (χ1n) is 7.29. The number of rotatable bonds is 4. The van der Waals surface area contributed by atoms with E-state index < -0.39 is 0 Å². The van der Waals surface area contributed by atoms with Crippen LogP contribution in [0, 0.1) is 0 Å². The van der Waals surface area contributed by atoms with Crippen molar-refractivity contribution in [3.63, 3.8) is 0 Å². The zero-order chi connectivity index (χ0) is 15.6. The molecule has 1 spiro atoms. The van der Waals surface area contributed by atoms with Crippen molar-refractivity contribution >= 4 is 11.8 Å². The monoisotopic (exact) mass is 299 g/mol. The van der Waals surface area contributed by atoms with Crippen molar-refractivity contribution in [1.29, 1.82) is 0 Å². The second-order valence-corrected chi connectivity index (χ2v) is 6.04. The van der Waals surface area contributed by atoms with Crippen LogP contribution in [0.3, 0.4) is 0 Å². The Morgan fingerprint density at radius 3 is 2.52 bits per heavy atom. The van der Waals surface area contributed by atoms with Gasteiger partial charge in [0.05, 0.1) is 19.7 Å². The Labute approximate surface area is 125 Å². The van der Waals surface area contributed by atoms with E-state index in [0.29, 0.717) is 32.8 Å². The van der Waals surface area contributed by atoms with Crippen molar-refractivity contribution in [1.82, 2.24) is 14.7 Å². The lowest BCUT2D eigenvalue weighted by Crippen LogP contribution is -2.73. The highest BCUT2D eigenvalue weighted by Gasteiger charge is 2.51. The Bertz CT molecular complexity index is 407. The molecule has 0 saturated carbocycles. The molecule has 0 bridgehead atoms. The van der Waals surface area contributed by atoms with Crippen molar-refractivity contribution < 1.29 is 19.1 Å². The van der Waals surface area contributed by atoms with Gasteiger partial charge >= 0.3 is 0 Å². The molecule has 0 radical (unpaired) electrons. The Morgan fingerprint density at radius 2 is 2.00 bits per heavy atom. The summed E-state index contributed by atoms with van der Waals surface area (Å²) in [5.41, 5.74) is -0.320. The number of hydrogen-bond acceptors (Lipinski definition) is 5. The van der Waals surface area contributed by atoms with Crippen molar-refractivity contribution in [3.05, 3.63) is 0 Å². The molecule has 2 rings (SSSR count). The normalized spacial score (nSPS) is 24.8. The SMILES string of the molecule is CCOCC(=O)N1CC2(C1)CN(C)C(C(=O)N(C)C)CO2. The fraction of sp³-hybridized carbons (Fsp3) is 0.857. The smallest absolute Gasteiger partial charge is 0.248 e. The van der Waals surface area contributed by atoms with Crippen molar-refractivity contribution in [3.8, 4) is 0 Å². The van der Waals surface area contributed by atoms with Gasteiger partial charge in [-0.3, -0.25) is 14.5 Å². The van der Waals surface area contributed by atoms with Crippen molar-refractivity contribution in [2.45, 2.75) is 18.6 Å². The minimum absolute atomic E-state index is 0.000203. The lowest BCUT2D eigenvalue weighted by atomic mass is 9.90. The van der Waals surface area contributed by atoms with E-state index >= 15 is 0 Å². The third-order valence-electron chi connectivity index (χ3n) is 4.08. The largest absolute Gasteiger partial charge is 0.372 e. The van der Waals surface area contributed by atoms with Gasteiger partial charge in [-0.1, -0.05) is 0 Å². The summed E-state index contributed by atoms with van der Waals surface area (Å²) in [5.74, 6) is 0.0520. The fourth-order valence-electron chi connectivity index (χ4n) is 2.85. The highest BCUT2D eigenvalue weighted by atomic mass is 16.5. The van der Waals surface area contributed by atoms with Gasteiger partial charge in [-0.15, -0.1) is 0 Å². The second kappa shape index (κ2) is 6.29. The van der Waals surface area contributed by atoms with Crippen LogP contribution in [-0.4, -0.2) is 98.8 Å². The summed E-state index contributed by atoms with van der Waals surface area (Å²) in [7, 11) is 5.43. The standard InChI is InChI=1S/C14H25N3O4/c1-5-20-7-12(18)17-9-14(10-17)8-16(4)11(6-21-14)13(19)15(2)3/h11H,5-10H2,1-4H3. The number of amides is 2. The van der Waals surface area contributed by atoms with Crippen LogP contribution in [-0.2, 0) is 19.1 Å². The van der Waals surface area contributed by atoms with Gasteiger partial charge in [-0.05, 0) is 14.0 Å². The summed E-state index contributed by atoms with van der Waals surface area (Å²) < 4.78 is 11.0. The number of hydrogen-bond donors (Lipinski definition) is 0. The lowest BCUT2D eigenvalue weighted by Gasteiger charge is -2.54. The summed E-state index contributed by atoms with van der Waals surface area (Å²) >= 11 is 0. The molecule has 2 saturated heterocycles. The minimum Gasteiger partial charge on any atom is -0.372 e. The predicted molar refractivity (Wildman–Crippen MR) is 76.9 cm³/mol. The maximum Gasteiger partial charge on any atom is 0.248 e. The zero-order valence-corrected chi connectivity index (χ0v) is 13.3. The number of morpholine rings is 1. The van der Waals surface area contributed by atoms with Crippen LogP contribution in [0.25, 0.3) is 0 Å². The summed E-state index contributed by atoms with van der Waals surface area (Å²) in [6.45, 7) is 4.73. The maximum atomic E-state index is 12.0. The molecule has 120 valence electrons. The van der Waals surface area contributed by atoms with Gasteiger partial charge in [-0.2, -0.15) is 0 Å². The van der Waals surface area contributed by atoms with E-state index in [-0.39, 0.29) is 30.1 Å². The third-order valence-corrected chi connectivity index (χ3v) is 4.08. The molecule has 0 aromatic heterocycles. The summed E-state index contributed by atoms with van der Waals surface area (Å²) in [6, 6.07) is -0.237. The van der Waals surface area contributed by atoms with Gasteiger partial charge in [0.1, 0.15) is 18.2 Å². The van der Waals surface area contributed by atoms with E-state index in [2.05, 4.69) is 0 Å². The van der Waals surface area contributed by atoms with E-state index in [1.54, 1.807) is 23.9 Å². The summed E-state index contributed by atoms with van der Waals surface area (Å²) in [5, 5.41) is 0. The van der Waals surface area contributed by atoms with Gasteiger partial charge in [0.2, 0.25) is 11.8 Å². The van der Waals surface area contributed by atoms with Crippen LogP contribution in [0.15, 0.2) is 0 Å². The number of carbonyl (C=O) groups excluding carboxylic acids is 2. The molecular formula is C14H25N3O4. The predicted octanol–water partition coefficient (Wildman–Crippen LogP) is -0.977. The van der Waals surface area contributed by atoms with Crippen molar-refractivity contribution in [2.75, 3.05) is 60.6 Å². The highest BCUT2D eigenvalue weighted by Crippen LogP contribution is 2.30. The molecule has 7 heteroatoms. The van der Waals surface area contributed by atoms with Gasteiger partial charge in [0, 0.05) is 27.2 Å². The highest BCUT2D eigenvalue weighted by molar-refractivity contribution is 5.82. The van der Waals surface area contributed by atoms with Crippen molar-refractivity contribution in [2.24, 2.45) is 0 Å². The first kappa shape index (κ1) is 16.2. The lowest BCUT2D eigenvalue weighted by molar-refractivity contribution is -0.204. The van der Waals surface area contributed by atoms with E-state index in [9.17, 15) is 9.59 Å². The molecule has 0 aromatic carbocycles. The topological polar surface area (TPSA) is 62.3 Å². The number of nitrogens with zero attached hydrogens (tertiary/aromatic N) is 3. The molecule has 21 heavy (non-hydrogen) atoms. The number of likely N-dealkylation sites (N-methyl/N-ethyl adjacent to an activating group) is 2. The molecule has 7 nitrogen and oxygen atoms in total. The quantitative estimate of drug-likeness (QED) is 0.668.